The average Bonchev–Trinajstić information content (AvgIpc) is 3.04. The first kappa shape index (κ1) is 14.5. The maximum atomic E-state index is 11.7. The van der Waals surface area contributed by atoms with Crippen LogP contribution in [0.25, 0.3) is 0 Å². The van der Waals surface area contributed by atoms with Crippen LogP contribution in [0.4, 0.5) is 5.69 Å². The zero-order valence-corrected chi connectivity index (χ0v) is 13.7. The highest BCUT2D eigenvalue weighted by molar-refractivity contribution is 6.30. The smallest absolute Gasteiger partial charge is 0.159 e. The molecule has 0 saturated heterocycles. The van der Waals surface area contributed by atoms with Crippen LogP contribution in [0.1, 0.15) is 46.8 Å². The molecule has 2 aromatic carbocycles. The molecule has 0 fully saturated rings. The Hall–Kier alpha value is -2.06. The second kappa shape index (κ2) is 5.54. The third-order valence-electron chi connectivity index (χ3n) is 5.00. The lowest BCUT2D eigenvalue weighted by molar-refractivity contribution is 0.101. The summed E-state index contributed by atoms with van der Waals surface area (Å²) in [7, 11) is 0. The summed E-state index contributed by atoms with van der Waals surface area (Å²) < 4.78 is 0. The van der Waals surface area contributed by atoms with Crippen LogP contribution in [0.3, 0.4) is 0 Å². The second-order valence-electron chi connectivity index (χ2n) is 6.39. The number of ketones is 1. The van der Waals surface area contributed by atoms with Crippen LogP contribution >= 0.6 is 11.6 Å². The fraction of sp³-hybridized carbons (Fsp3) is 0.250. The molecule has 2 nitrogen and oxygen atoms in total. The Labute approximate surface area is 141 Å². The Morgan fingerprint density at radius 1 is 1.17 bits per heavy atom. The van der Waals surface area contributed by atoms with E-state index < -0.39 is 0 Å². The van der Waals surface area contributed by atoms with E-state index in [1.54, 1.807) is 6.92 Å². The highest BCUT2D eigenvalue weighted by Gasteiger charge is 2.37. The first-order valence-electron chi connectivity index (χ1n) is 7.97. The predicted octanol–water partition coefficient (Wildman–Crippen LogP) is 5.37. The lowest BCUT2D eigenvalue weighted by atomic mass is 9.76. The maximum absolute atomic E-state index is 11.7. The van der Waals surface area contributed by atoms with Crippen molar-refractivity contribution in [3.8, 4) is 0 Å². The van der Waals surface area contributed by atoms with Crippen LogP contribution in [0.5, 0.6) is 0 Å². The zero-order valence-electron chi connectivity index (χ0n) is 12.9. The molecule has 1 heterocycles. The van der Waals surface area contributed by atoms with E-state index in [4.69, 9.17) is 11.6 Å². The number of fused-ring (bicyclic) bond motifs is 3. The molecule has 1 aliphatic carbocycles. The number of allylic oxidation sites excluding steroid dienone is 2. The number of halogens is 1. The molecule has 0 radical (unpaired) electrons. The highest BCUT2D eigenvalue weighted by Crippen LogP contribution is 2.49. The molecule has 0 amide bonds. The van der Waals surface area contributed by atoms with Gasteiger partial charge in [0.05, 0.1) is 6.04 Å². The Morgan fingerprint density at radius 2 is 1.96 bits per heavy atom. The molecular weight excluding hydrogens is 306 g/mol. The quantitative estimate of drug-likeness (QED) is 0.594. The standard InChI is InChI=1S/C20H18ClNO/c1-12(23)14-7-10-19-18(11-14)16-3-2-4-17(16)20(22-19)13-5-8-15(21)9-6-13/h2-3,5-11,16-17,20,22H,4H2,1H3/t16-,17+,20+/m0/s1. The van der Waals surface area contributed by atoms with Gasteiger partial charge in [-0.25, -0.2) is 0 Å². The Morgan fingerprint density at radius 3 is 2.70 bits per heavy atom. The van der Waals surface area contributed by atoms with Gasteiger partial charge in [0, 0.05) is 22.2 Å². The minimum absolute atomic E-state index is 0.117. The highest BCUT2D eigenvalue weighted by atomic mass is 35.5. The van der Waals surface area contributed by atoms with E-state index in [0.717, 1.165) is 22.7 Å². The summed E-state index contributed by atoms with van der Waals surface area (Å²) in [5, 5.41) is 4.44. The molecule has 3 atom stereocenters. The van der Waals surface area contributed by atoms with Gasteiger partial charge >= 0.3 is 0 Å². The second-order valence-corrected chi connectivity index (χ2v) is 6.82. The van der Waals surface area contributed by atoms with E-state index in [0.29, 0.717) is 11.8 Å². The van der Waals surface area contributed by atoms with E-state index in [2.05, 4.69) is 35.7 Å². The monoisotopic (exact) mass is 323 g/mol. The summed E-state index contributed by atoms with van der Waals surface area (Å²) in [5.41, 5.74) is 4.41. The van der Waals surface area contributed by atoms with Crippen LogP contribution in [0, 0.1) is 5.92 Å². The van der Waals surface area contributed by atoms with Gasteiger partial charge in [-0.15, -0.1) is 0 Å². The van der Waals surface area contributed by atoms with Crippen molar-refractivity contribution in [2.24, 2.45) is 5.92 Å². The molecule has 0 unspecified atom stereocenters. The van der Waals surface area contributed by atoms with Gasteiger partial charge in [-0.3, -0.25) is 4.79 Å². The Kier molecular flexibility index (Phi) is 3.50. The molecule has 23 heavy (non-hydrogen) atoms. The molecule has 1 aliphatic heterocycles. The summed E-state index contributed by atoms with van der Waals surface area (Å²) in [6.07, 6.45) is 5.60. The molecule has 0 spiro atoms. The van der Waals surface area contributed by atoms with Crippen LogP contribution in [0.15, 0.2) is 54.6 Å². The Bertz CT molecular complexity index is 794. The molecule has 116 valence electrons. The lowest BCUT2D eigenvalue weighted by Gasteiger charge is -2.37. The van der Waals surface area contributed by atoms with Crippen LogP contribution in [0.2, 0.25) is 5.02 Å². The van der Waals surface area contributed by atoms with Gasteiger partial charge in [-0.05, 0) is 60.7 Å². The molecule has 0 bridgehead atoms. The number of carbonyl (C=O) groups is 1. The summed E-state index contributed by atoms with van der Waals surface area (Å²) in [5.74, 6) is 0.961. The van der Waals surface area contributed by atoms with Crippen LogP contribution in [-0.4, -0.2) is 5.78 Å². The van der Waals surface area contributed by atoms with E-state index in [1.807, 2.05) is 24.3 Å². The zero-order chi connectivity index (χ0) is 16.0. The molecule has 0 aromatic heterocycles. The largest absolute Gasteiger partial charge is 0.378 e. The van der Waals surface area contributed by atoms with E-state index >= 15 is 0 Å². The third kappa shape index (κ3) is 2.47. The number of benzene rings is 2. The van der Waals surface area contributed by atoms with Crippen molar-refractivity contribution in [3.05, 3.63) is 76.3 Å². The van der Waals surface area contributed by atoms with Crippen LogP contribution < -0.4 is 5.32 Å². The van der Waals surface area contributed by atoms with Crippen molar-refractivity contribution in [2.75, 3.05) is 5.32 Å². The number of hydrogen-bond acceptors (Lipinski definition) is 2. The predicted molar refractivity (Wildman–Crippen MR) is 94.3 cm³/mol. The van der Waals surface area contributed by atoms with E-state index in [-0.39, 0.29) is 11.8 Å². The van der Waals surface area contributed by atoms with Crippen molar-refractivity contribution in [1.29, 1.82) is 0 Å². The minimum atomic E-state index is 0.117. The molecular formula is C20H18ClNO. The number of Topliss-reactive ketones (excluding diaryl/α,β-unsaturated/α-hetero) is 1. The topological polar surface area (TPSA) is 29.1 Å². The van der Waals surface area contributed by atoms with Gasteiger partial charge in [0.1, 0.15) is 0 Å². The summed E-state index contributed by atoms with van der Waals surface area (Å²) in [4.78, 5) is 11.7. The fourth-order valence-electron chi connectivity index (χ4n) is 3.81. The van der Waals surface area contributed by atoms with Crippen molar-refractivity contribution < 1.29 is 4.79 Å². The number of carbonyl (C=O) groups excluding carboxylic acids is 1. The van der Waals surface area contributed by atoms with Gasteiger partial charge in [0.2, 0.25) is 0 Å². The average molecular weight is 324 g/mol. The van der Waals surface area contributed by atoms with Crippen molar-refractivity contribution >= 4 is 23.1 Å². The summed E-state index contributed by atoms with van der Waals surface area (Å²) in [6.45, 7) is 1.62. The van der Waals surface area contributed by atoms with Gasteiger partial charge < -0.3 is 5.32 Å². The van der Waals surface area contributed by atoms with Crippen molar-refractivity contribution in [3.63, 3.8) is 0 Å². The normalized spacial score (nSPS) is 24.7. The number of hydrogen-bond donors (Lipinski definition) is 1. The minimum Gasteiger partial charge on any atom is -0.378 e. The van der Waals surface area contributed by atoms with Gasteiger partial charge in [-0.1, -0.05) is 35.9 Å². The third-order valence-corrected chi connectivity index (χ3v) is 5.25. The summed E-state index contributed by atoms with van der Waals surface area (Å²) in [6, 6.07) is 14.4. The van der Waals surface area contributed by atoms with Crippen LogP contribution in [-0.2, 0) is 0 Å². The molecule has 4 rings (SSSR count). The molecule has 0 saturated carbocycles. The summed E-state index contributed by atoms with van der Waals surface area (Å²) >= 11 is 6.03. The molecule has 1 N–H and O–H groups in total. The van der Waals surface area contributed by atoms with E-state index in [9.17, 15) is 4.79 Å². The molecule has 2 aliphatic rings. The van der Waals surface area contributed by atoms with E-state index in [1.165, 1.54) is 11.1 Å². The van der Waals surface area contributed by atoms with Crippen molar-refractivity contribution in [2.45, 2.75) is 25.3 Å². The number of nitrogens with one attached hydrogen (secondary N) is 1. The van der Waals surface area contributed by atoms with Gasteiger partial charge in [0.25, 0.3) is 0 Å². The lowest BCUT2D eigenvalue weighted by Crippen LogP contribution is -2.29. The first-order chi connectivity index (χ1) is 11.1. The SMILES string of the molecule is CC(=O)c1ccc2c(c1)[C@H]1C=CC[C@H]1[C@@H](c1ccc(Cl)cc1)N2. The van der Waals surface area contributed by atoms with Gasteiger partial charge in [-0.2, -0.15) is 0 Å². The number of anilines is 1. The van der Waals surface area contributed by atoms with Gasteiger partial charge in [0.15, 0.2) is 5.78 Å². The first-order valence-corrected chi connectivity index (χ1v) is 8.35. The Balaban J connectivity index is 1.77. The maximum Gasteiger partial charge on any atom is 0.159 e. The molecule has 3 heteroatoms. The molecule has 2 aromatic rings. The number of rotatable bonds is 2. The van der Waals surface area contributed by atoms with Crippen molar-refractivity contribution in [1.82, 2.24) is 0 Å². The fourth-order valence-corrected chi connectivity index (χ4v) is 3.94.